The van der Waals surface area contributed by atoms with Gasteiger partial charge in [-0.2, -0.15) is 0 Å². The van der Waals surface area contributed by atoms with Gasteiger partial charge in [0.25, 0.3) is 0 Å². The summed E-state index contributed by atoms with van der Waals surface area (Å²) in [6.07, 6.45) is 5.90. The molecule has 0 aliphatic carbocycles. The quantitative estimate of drug-likeness (QED) is 0.368. The smallest absolute Gasteiger partial charge is 0.00235 e. The summed E-state index contributed by atoms with van der Waals surface area (Å²) in [6.45, 7) is 5.89. The molecule has 0 N–H and O–H groups in total. The lowest BCUT2D eigenvalue weighted by Crippen LogP contribution is -1.61. The summed E-state index contributed by atoms with van der Waals surface area (Å²) in [6, 6.07) is 0. The second-order valence-electron chi connectivity index (χ2n) is 1.76. The molecule has 48 valence electrons. The van der Waals surface area contributed by atoms with E-state index in [1.807, 2.05) is 39.0 Å². The molecule has 0 radical (unpaired) electrons. The average molecular weight is 120 g/mol. The third kappa shape index (κ3) is 4.90. The Morgan fingerprint density at radius 2 is 2.11 bits per heavy atom. The highest BCUT2D eigenvalue weighted by molar-refractivity contribution is 5.23. The molecule has 0 saturated heterocycles. The number of rotatable bonds is 1. The van der Waals surface area contributed by atoms with Crippen LogP contribution in [0.1, 0.15) is 20.8 Å². The van der Waals surface area contributed by atoms with Crippen molar-refractivity contribution < 1.29 is 0 Å². The normalized spacial score (nSPS) is 11.2. The molecule has 0 rings (SSSR count). The van der Waals surface area contributed by atoms with Crippen LogP contribution in [0.4, 0.5) is 0 Å². The van der Waals surface area contributed by atoms with Crippen molar-refractivity contribution in [2.75, 3.05) is 0 Å². The Balaban J connectivity index is 3.81. The van der Waals surface area contributed by atoms with Crippen LogP contribution >= 0.6 is 0 Å². The van der Waals surface area contributed by atoms with Gasteiger partial charge in [0.05, 0.1) is 0 Å². The van der Waals surface area contributed by atoms with Crippen molar-refractivity contribution in [1.82, 2.24) is 0 Å². The zero-order valence-corrected chi connectivity index (χ0v) is 6.23. The topological polar surface area (TPSA) is 0 Å². The molecule has 0 bridgehead atoms. The summed E-state index contributed by atoms with van der Waals surface area (Å²) in [5, 5.41) is 0. The van der Waals surface area contributed by atoms with E-state index in [9.17, 15) is 0 Å². The first kappa shape index (κ1) is 8.04. The lowest BCUT2D eigenvalue weighted by atomic mass is 10.3. The van der Waals surface area contributed by atoms with Crippen molar-refractivity contribution in [3.8, 4) is 11.8 Å². The highest BCUT2D eigenvalue weighted by Gasteiger charge is 1.71. The van der Waals surface area contributed by atoms with Crippen molar-refractivity contribution in [2.24, 2.45) is 0 Å². The van der Waals surface area contributed by atoms with Gasteiger partial charge in [-0.05, 0) is 26.8 Å². The first-order chi connectivity index (χ1) is 4.31. The summed E-state index contributed by atoms with van der Waals surface area (Å²) in [4.78, 5) is 0. The van der Waals surface area contributed by atoms with Gasteiger partial charge in [0.1, 0.15) is 0 Å². The van der Waals surface area contributed by atoms with Gasteiger partial charge >= 0.3 is 0 Å². The fraction of sp³-hybridized carbons (Fsp3) is 0.333. The lowest BCUT2D eigenvalue weighted by Gasteiger charge is -1.81. The Bertz CT molecular complexity index is 172. The Hall–Kier alpha value is -0.960. The molecular weight excluding hydrogens is 108 g/mol. The maximum atomic E-state index is 2.84. The van der Waals surface area contributed by atoms with E-state index in [-0.39, 0.29) is 0 Å². The summed E-state index contributed by atoms with van der Waals surface area (Å²) >= 11 is 0. The van der Waals surface area contributed by atoms with E-state index in [4.69, 9.17) is 0 Å². The molecule has 0 aliphatic heterocycles. The molecule has 0 saturated carbocycles. The Kier molecular flexibility index (Phi) is 4.63. The molecule has 0 heterocycles. The van der Waals surface area contributed by atoms with E-state index < -0.39 is 0 Å². The van der Waals surface area contributed by atoms with Crippen molar-refractivity contribution in [3.63, 3.8) is 0 Å². The molecule has 0 fully saturated rings. The van der Waals surface area contributed by atoms with Crippen molar-refractivity contribution >= 4 is 0 Å². The van der Waals surface area contributed by atoms with Crippen LogP contribution in [0, 0.1) is 11.8 Å². The number of allylic oxidation sites excluding steroid dienone is 4. The molecule has 0 unspecified atom stereocenters. The largest absolute Gasteiger partial charge is 0.102 e. The predicted octanol–water partition coefficient (Wildman–Crippen LogP) is 2.53. The van der Waals surface area contributed by atoms with Crippen LogP contribution in [0.2, 0.25) is 0 Å². The van der Waals surface area contributed by atoms with E-state index in [2.05, 4.69) is 11.8 Å². The van der Waals surface area contributed by atoms with Crippen LogP contribution in [0.25, 0.3) is 0 Å². The fourth-order valence-corrected chi connectivity index (χ4v) is 0.353. The minimum absolute atomic E-state index is 1.25. The van der Waals surface area contributed by atoms with Crippen LogP contribution in [-0.4, -0.2) is 0 Å². The maximum absolute atomic E-state index is 2.84. The second-order valence-corrected chi connectivity index (χ2v) is 1.76. The monoisotopic (exact) mass is 120 g/mol. The zero-order chi connectivity index (χ0) is 7.11. The van der Waals surface area contributed by atoms with Gasteiger partial charge in [-0.15, -0.1) is 5.92 Å². The standard InChI is InChI=1S/C9H12/c1-4-6-7-8-9(3)5-2/h5,7-8H,1-3H3. The third-order valence-electron chi connectivity index (χ3n) is 1.03. The van der Waals surface area contributed by atoms with Crippen LogP contribution in [-0.2, 0) is 0 Å². The maximum Gasteiger partial charge on any atom is -0.00235 e. The molecule has 0 aromatic heterocycles. The highest BCUT2D eigenvalue weighted by Crippen LogP contribution is 1.91. The Morgan fingerprint density at radius 3 is 2.56 bits per heavy atom. The van der Waals surface area contributed by atoms with Gasteiger partial charge in [0, 0.05) is 0 Å². The minimum atomic E-state index is 1.25. The SMILES string of the molecule is CC#CC=CC(C)=CC. The highest BCUT2D eigenvalue weighted by atomic mass is 13.8. The van der Waals surface area contributed by atoms with Crippen LogP contribution in [0.3, 0.4) is 0 Å². The molecule has 0 aromatic carbocycles. The molecule has 9 heavy (non-hydrogen) atoms. The number of hydrogen-bond acceptors (Lipinski definition) is 0. The summed E-state index contributed by atoms with van der Waals surface area (Å²) in [5.74, 6) is 5.63. The van der Waals surface area contributed by atoms with Gasteiger partial charge in [-0.1, -0.05) is 23.6 Å². The Morgan fingerprint density at radius 1 is 1.44 bits per heavy atom. The molecule has 0 aromatic rings. The lowest BCUT2D eigenvalue weighted by molar-refractivity contribution is 1.48. The summed E-state index contributed by atoms with van der Waals surface area (Å²) in [5.41, 5.74) is 1.25. The third-order valence-corrected chi connectivity index (χ3v) is 1.03. The molecule has 0 aliphatic rings. The van der Waals surface area contributed by atoms with Crippen LogP contribution < -0.4 is 0 Å². The van der Waals surface area contributed by atoms with E-state index >= 15 is 0 Å². The van der Waals surface area contributed by atoms with Crippen LogP contribution in [0.5, 0.6) is 0 Å². The fourth-order valence-electron chi connectivity index (χ4n) is 0.353. The molecule has 0 heteroatoms. The van der Waals surface area contributed by atoms with Gasteiger partial charge < -0.3 is 0 Å². The van der Waals surface area contributed by atoms with Gasteiger partial charge in [0.2, 0.25) is 0 Å². The van der Waals surface area contributed by atoms with E-state index in [0.29, 0.717) is 0 Å². The van der Waals surface area contributed by atoms with Crippen molar-refractivity contribution in [1.29, 1.82) is 0 Å². The van der Waals surface area contributed by atoms with Gasteiger partial charge in [-0.3, -0.25) is 0 Å². The van der Waals surface area contributed by atoms with Gasteiger partial charge in [0.15, 0.2) is 0 Å². The zero-order valence-electron chi connectivity index (χ0n) is 6.23. The van der Waals surface area contributed by atoms with E-state index in [0.717, 1.165) is 0 Å². The first-order valence-corrected chi connectivity index (χ1v) is 3.03. The Labute approximate surface area is 57.3 Å². The van der Waals surface area contributed by atoms with Crippen molar-refractivity contribution in [2.45, 2.75) is 20.8 Å². The summed E-state index contributed by atoms with van der Waals surface area (Å²) in [7, 11) is 0. The van der Waals surface area contributed by atoms with E-state index in [1.54, 1.807) is 0 Å². The predicted molar refractivity (Wildman–Crippen MR) is 42.0 cm³/mol. The van der Waals surface area contributed by atoms with E-state index in [1.165, 1.54) is 5.57 Å². The summed E-state index contributed by atoms with van der Waals surface area (Å²) < 4.78 is 0. The second kappa shape index (κ2) is 5.18. The first-order valence-electron chi connectivity index (χ1n) is 3.03. The molecule has 0 spiro atoms. The minimum Gasteiger partial charge on any atom is -0.102 e. The van der Waals surface area contributed by atoms with Crippen molar-refractivity contribution in [3.05, 3.63) is 23.8 Å². The molecular formula is C9H12. The average Bonchev–Trinajstić information content (AvgIpc) is 1.89. The molecule has 0 atom stereocenters. The molecule has 0 nitrogen and oxygen atoms in total. The van der Waals surface area contributed by atoms with Gasteiger partial charge in [-0.25, -0.2) is 0 Å². The van der Waals surface area contributed by atoms with Crippen LogP contribution in [0.15, 0.2) is 23.8 Å². The molecule has 0 amide bonds. The number of hydrogen-bond donors (Lipinski definition) is 0.